The molecule has 0 bridgehead atoms. The summed E-state index contributed by atoms with van der Waals surface area (Å²) in [6, 6.07) is 9.40. The first-order valence-electron chi connectivity index (χ1n) is 7.95. The fraction of sp³-hybridized carbons (Fsp3) is 0.412. The van der Waals surface area contributed by atoms with Crippen LogP contribution in [0, 0.1) is 0 Å². The summed E-state index contributed by atoms with van der Waals surface area (Å²) in [5.74, 6) is -0.121. The minimum atomic E-state index is -4.44. The van der Waals surface area contributed by atoms with E-state index >= 15 is 0 Å². The van der Waals surface area contributed by atoms with Gasteiger partial charge in [0.05, 0.1) is 5.69 Å². The van der Waals surface area contributed by atoms with E-state index in [0.717, 1.165) is 37.1 Å². The van der Waals surface area contributed by atoms with Gasteiger partial charge in [-0.05, 0) is 19.3 Å². The van der Waals surface area contributed by atoms with Gasteiger partial charge in [0.15, 0.2) is 0 Å². The Kier molecular flexibility index (Phi) is 4.59. The maximum Gasteiger partial charge on any atom is 0.405 e. The average Bonchev–Trinajstić information content (AvgIpc) is 2.74. The highest BCUT2D eigenvalue weighted by Gasteiger charge is 2.30. The number of aromatic nitrogens is 2. The second-order valence-electron chi connectivity index (χ2n) is 5.86. The van der Waals surface area contributed by atoms with E-state index < -0.39 is 18.6 Å². The van der Waals surface area contributed by atoms with E-state index in [0.29, 0.717) is 12.2 Å². The van der Waals surface area contributed by atoms with Crippen LogP contribution in [0.3, 0.4) is 0 Å². The van der Waals surface area contributed by atoms with Crippen LogP contribution in [0.15, 0.2) is 30.3 Å². The van der Waals surface area contributed by atoms with Crippen LogP contribution in [-0.4, -0.2) is 28.2 Å². The lowest BCUT2D eigenvalue weighted by Crippen LogP contribution is -2.34. The number of carbonyl (C=O) groups excluding carboxylic acids is 1. The number of nitrogens with zero attached hydrogens (tertiary/aromatic N) is 2. The van der Waals surface area contributed by atoms with E-state index in [1.165, 1.54) is 0 Å². The molecule has 0 aliphatic carbocycles. The monoisotopic (exact) mass is 337 g/mol. The van der Waals surface area contributed by atoms with Gasteiger partial charge >= 0.3 is 6.18 Å². The largest absolute Gasteiger partial charge is 0.405 e. The highest BCUT2D eigenvalue weighted by atomic mass is 19.4. The number of carbonyl (C=O) groups is 1. The van der Waals surface area contributed by atoms with Crippen LogP contribution in [0.2, 0.25) is 0 Å². The molecular formula is C17H18F3N3O. The Labute approximate surface area is 137 Å². The predicted molar refractivity (Wildman–Crippen MR) is 83.6 cm³/mol. The lowest BCUT2D eigenvalue weighted by atomic mass is 10.1. The molecule has 1 aromatic carbocycles. The summed E-state index contributed by atoms with van der Waals surface area (Å²) in [6.07, 6.45) is -0.894. The van der Waals surface area contributed by atoms with E-state index in [9.17, 15) is 18.0 Å². The van der Waals surface area contributed by atoms with Crippen LogP contribution in [0.4, 0.5) is 13.2 Å². The zero-order valence-corrected chi connectivity index (χ0v) is 13.1. The molecule has 3 rings (SSSR count). The number of imidazole rings is 1. The summed E-state index contributed by atoms with van der Waals surface area (Å²) in [6.45, 7) is -0.627. The third-order valence-electron chi connectivity index (χ3n) is 4.06. The van der Waals surface area contributed by atoms with E-state index in [1.54, 1.807) is 0 Å². The number of rotatable bonds is 3. The van der Waals surface area contributed by atoms with Gasteiger partial charge in [-0.25, -0.2) is 4.98 Å². The lowest BCUT2D eigenvalue weighted by molar-refractivity contribution is -0.123. The summed E-state index contributed by atoms with van der Waals surface area (Å²) in [7, 11) is 0. The number of halogens is 3. The summed E-state index contributed by atoms with van der Waals surface area (Å²) in [4.78, 5) is 16.6. The molecule has 4 nitrogen and oxygen atoms in total. The number of fused-ring (bicyclic) bond motifs is 1. The Bertz CT molecular complexity index is 723. The van der Waals surface area contributed by atoms with Crippen LogP contribution in [-0.2, 0) is 13.0 Å². The van der Waals surface area contributed by atoms with Gasteiger partial charge in [0.25, 0.3) is 5.91 Å². The molecule has 0 saturated carbocycles. The third-order valence-corrected chi connectivity index (χ3v) is 4.06. The SMILES string of the molecule is O=C(NCC(F)(F)F)c1nc(-c2ccccc2)n2c1CCCCC2. The summed E-state index contributed by atoms with van der Waals surface area (Å²) in [5, 5.41) is 1.93. The van der Waals surface area contributed by atoms with Crippen molar-refractivity contribution in [3.63, 3.8) is 0 Å². The van der Waals surface area contributed by atoms with Crippen molar-refractivity contribution >= 4 is 5.91 Å². The lowest BCUT2D eigenvalue weighted by Gasteiger charge is -2.09. The van der Waals surface area contributed by atoms with Crippen molar-refractivity contribution < 1.29 is 18.0 Å². The maximum atomic E-state index is 12.4. The average molecular weight is 337 g/mol. The molecular weight excluding hydrogens is 319 g/mol. The Morgan fingerprint density at radius 1 is 1.17 bits per heavy atom. The quantitative estimate of drug-likeness (QED) is 0.931. The Morgan fingerprint density at radius 3 is 2.62 bits per heavy atom. The Morgan fingerprint density at radius 2 is 1.92 bits per heavy atom. The second kappa shape index (κ2) is 6.67. The number of nitrogens with one attached hydrogen (secondary N) is 1. The molecule has 1 N–H and O–H groups in total. The first-order valence-corrected chi connectivity index (χ1v) is 7.95. The maximum absolute atomic E-state index is 12.4. The van der Waals surface area contributed by atoms with Crippen molar-refractivity contribution in [3.8, 4) is 11.4 Å². The minimum Gasteiger partial charge on any atom is -0.342 e. The minimum absolute atomic E-state index is 0.111. The number of hydrogen-bond acceptors (Lipinski definition) is 2. The highest BCUT2D eigenvalue weighted by molar-refractivity contribution is 5.94. The standard InChI is InChI=1S/C17H18F3N3O/c18-17(19,20)11-21-16(24)14-13-9-5-2-6-10-23(13)15(22-14)12-7-3-1-4-8-12/h1,3-4,7-8H,2,5-6,9-11H2,(H,21,24). The van der Waals surface area contributed by atoms with Crippen LogP contribution >= 0.6 is 0 Å². The summed E-state index contributed by atoms with van der Waals surface area (Å²) >= 11 is 0. The summed E-state index contributed by atoms with van der Waals surface area (Å²) in [5.41, 5.74) is 1.70. The van der Waals surface area contributed by atoms with Crippen molar-refractivity contribution in [1.82, 2.24) is 14.9 Å². The normalized spacial score (nSPS) is 14.8. The number of amides is 1. The molecule has 7 heteroatoms. The van der Waals surface area contributed by atoms with E-state index in [-0.39, 0.29) is 5.69 Å². The molecule has 1 amide bonds. The molecule has 0 fully saturated rings. The molecule has 1 aromatic heterocycles. The van der Waals surface area contributed by atoms with Gasteiger partial charge in [0.2, 0.25) is 0 Å². The molecule has 2 heterocycles. The molecule has 0 unspecified atom stereocenters. The third kappa shape index (κ3) is 3.60. The number of benzene rings is 1. The highest BCUT2D eigenvalue weighted by Crippen LogP contribution is 2.27. The van der Waals surface area contributed by atoms with Crippen molar-refractivity contribution in [2.24, 2.45) is 0 Å². The molecule has 1 aliphatic rings. The number of alkyl halides is 3. The van der Waals surface area contributed by atoms with Gasteiger partial charge in [-0.15, -0.1) is 0 Å². The van der Waals surface area contributed by atoms with Crippen molar-refractivity contribution in [1.29, 1.82) is 0 Å². The Hall–Kier alpha value is -2.31. The Balaban J connectivity index is 1.97. The van der Waals surface area contributed by atoms with Gasteiger partial charge < -0.3 is 9.88 Å². The number of hydrogen-bond donors (Lipinski definition) is 1. The van der Waals surface area contributed by atoms with E-state index in [1.807, 2.05) is 40.2 Å². The summed E-state index contributed by atoms with van der Waals surface area (Å²) < 4.78 is 39.1. The molecule has 2 aromatic rings. The van der Waals surface area contributed by atoms with Crippen LogP contribution < -0.4 is 5.32 Å². The zero-order chi connectivity index (χ0) is 17.2. The van der Waals surface area contributed by atoms with Gasteiger partial charge in [0.1, 0.15) is 18.1 Å². The van der Waals surface area contributed by atoms with Gasteiger partial charge in [0, 0.05) is 12.1 Å². The molecule has 0 saturated heterocycles. The second-order valence-corrected chi connectivity index (χ2v) is 5.86. The van der Waals surface area contributed by atoms with Gasteiger partial charge in [-0.1, -0.05) is 36.8 Å². The first-order chi connectivity index (χ1) is 11.5. The predicted octanol–water partition coefficient (Wildman–Crippen LogP) is 3.57. The molecule has 0 atom stereocenters. The van der Waals surface area contributed by atoms with Crippen molar-refractivity contribution in [3.05, 3.63) is 41.7 Å². The molecule has 24 heavy (non-hydrogen) atoms. The molecule has 0 spiro atoms. The van der Waals surface area contributed by atoms with Gasteiger partial charge in [-0.2, -0.15) is 13.2 Å². The molecule has 128 valence electrons. The molecule has 1 aliphatic heterocycles. The van der Waals surface area contributed by atoms with E-state index in [4.69, 9.17) is 0 Å². The van der Waals surface area contributed by atoms with Crippen molar-refractivity contribution in [2.45, 2.75) is 38.4 Å². The molecule has 0 radical (unpaired) electrons. The van der Waals surface area contributed by atoms with Crippen LogP contribution in [0.1, 0.15) is 35.4 Å². The first kappa shape index (κ1) is 16.5. The fourth-order valence-corrected chi connectivity index (χ4v) is 2.97. The zero-order valence-electron chi connectivity index (χ0n) is 13.1. The van der Waals surface area contributed by atoms with E-state index in [2.05, 4.69) is 4.98 Å². The van der Waals surface area contributed by atoms with Crippen LogP contribution in [0.25, 0.3) is 11.4 Å². The smallest absolute Gasteiger partial charge is 0.342 e. The fourth-order valence-electron chi connectivity index (χ4n) is 2.97. The van der Waals surface area contributed by atoms with Crippen LogP contribution in [0.5, 0.6) is 0 Å². The topological polar surface area (TPSA) is 46.9 Å². The van der Waals surface area contributed by atoms with Crippen molar-refractivity contribution in [2.75, 3.05) is 6.54 Å². The van der Waals surface area contributed by atoms with Gasteiger partial charge in [-0.3, -0.25) is 4.79 Å².